The van der Waals surface area contributed by atoms with Gasteiger partial charge in [0.1, 0.15) is 5.82 Å². The van der Waals surface area contributed by atoms with Crippen molar-refractivity contribution in [1.82, 2.24) is 10.2 Å². The first-order valence-corrected chi connectivity index (χ1v) is 14.2. The van der Waals surface area contributed by atoms with Gasteiger partial charge in [-0.25, -0.2) is 4.39 Å². The van der Waals surface area contributed by atoms with E-state index in [0.29, 0.717) is 17.5 Å². The number of hydrogen-bond donors (Lipinski definition) is 2. The van der Waals surface area contributed by atoms with Crippen LogP contribution >= 0.6 is 0 Å². The number of allylic oxidation sites excluding steroid dienone is 3. The van der Waals surface area contributed by atoms with Gasteiger partial charge in [-0.3, -0.25) is 0 Å². The Balaban J connectivity index is 2.73. The SMILES string of the molecule is C=CNCCN(C)CCCC(CC/C=C\CC)c1ccc(NC(=C)C(C)CCCC(C)CC)c(F)c1. The van der Waals surface area contributed by atoms with Gasteiger partial charge in [-0.2, -0.15) is 0 Å². The van der Waals surface area contributed by atoms with Crippen LogP contribution in [0.1, 0.15) is 97.0 Å². The zero-order valence-corrected chi connectivity index (χ0v) is 23.9. The highest BCUT2D eigenvalue weighted by Crippen LogP contribution is 2.30. The Morgan fingerprint density at radius 2 is 1.83 bits per heavy atom. The van der Waals surface area contributed by atoms with Gasteiger partial charge < -0.3 is 15.5 Å². The number of likely N-dealkylation sites (N-methyl/N-ethyl adjacent to an activating group) is 1. The number of hydrogen-bond acceptors (Lipinski definition) is 3. The first-order valence-electron chi connectivity index (χ1n) is 14.2. The molecule has 36 heavy (non-hydrogen) atoms. The van der Waals surface area contributed by atoms with Gasteiger partial charge in [-0.05, 0) is 93.8 Å². The summed E-state index contributed by atoms with van der Waals surface area (Å²) in [6, 6.07) is 5.76. The zero-order valence-electron chi connectivity index (χ0n) is 23.9. The van der Waals surface area contributed by atoms with Gasteiger partial charge in [0.25, 0.3) is 0 Å². The second kappa shape index (κ2) is 19.1. The molecule has 0 aliphatic heterocycles. The van der Waals surface area contributed by atoms with Crippen LogP contribution in [0.5, 0.6) is 0 Å². The predicted octanol–water partition coefficient (Wildman–Crippen LogP) is 8.88. The summed E-state index contributed by atoms with van der Waals surface area (Å²) in [7, 11) is 2.15. The molecule has 204 valence electrons. The molecule has 1 rings (SSSR count). The van der Waals surface area contributed by atoms with E-state index in [9.17, 15) is 0 Å². The van der Waals surface area contributed by atoms with Crippen molar-refractivity contribution in [2.24, 2.45) is 11.8 Å². The molecule has 2 N–H and O–H groups in total. The lowest BCUT2D eigenvalue weighted by molar-refractivity contribution is 0.322. The van der Waals surface area contributed by atoms with Crippen LogP contribution in [0.3, 0.4) is 0 Å². The number of nitrogens with one attached hydrogen (secondary N) is 2. The summed E-state index contributed by atoms with van der Waals surface area (Å²) in [4.78, 5) is 2.34. The molecule has 0 amide bonds. The van der Waals surface area contributed by atoms with Crippen molar-refractivity contribution in [3.05, 3.63) is 66.8 Å². The molecule has 0 spiro atoms. The number of benzene rings is 1. The molecule has 3 nitrogen and oxygen atoms in total. The van der Waals surface area contributed by atoms with Gasteiger partial charge in [0.2, 0.25) is 0 Å². The molecular weight excluding hydrogens is 445 g/mol. The van der Waals surface area contributed by atoms with Gasteiger partial charge in [0.05, 0.1) is 5.69 Å². The third-order valence-electron chi connectivity index (χ3n) is 7.34. The van der Waals surface area contributed by atoms with Gasteiger partial charge in [-0.1, -0.05) is 78.3 Å². The molecule has 1 aromatic rings. The zero-order chi connectivity index (χ0) is 26.8. The average molecular weight is 500 g/mol. The molecule has 0 heterocycles. The highest BCUT2D eigenvalue weighted by molar-refractivity contribution is 5.51. The maximum atomic E-state index is 15.2. The normalized spacial score (nSPS) is 14.1. The Bertz CT molecular complexity index is 773. The van der Waals surface area contributed by atoms with Crippen molar-refractivity contribution < 1.29 is 4.39 Å². The Kier molecular flexibility index (Phi) is 17.0. The summed E-state index contributed by atoms with van der Waals surface area (Å²) in [5, 5.41) is 6.42. The Morgan fingerprint density at radius 1 is 1.06 bits per heavy atom. The molecule has 3 atom stereocenters. The third kappa shape index (κ3) is 13.3. The lowest BCUT2D eigenvalue weighted by atomic mass is 9.89. The molecule has 0 aliphatic carbocycles. The molecule has 4 heteroatoms. The second-order valence-electron chi connectivity index (χ2n) is 10.5. The van der Waals surface area contributed by atoms with Crippen molar-refractivity contribution in [3.8, 4) is 0 Å². The van der Waals surface area contributed by atoms with Gasteiger partial charge >= 0.3 is 0 Å². The summed E-state index contributed by atoms with van der Waals surface area (Å²) in [6.45, 7) is 19.7. The molecule has 0 bridgehead atoms. The molecular formula is C32H54FN3. The summed E-state index contributed by atoms with van der Waals surface area (Å²) in [5.41, 5.74) is 2.55. The fourth-order valence-corrected chi connectivity index (χ4v) is 4.47. The number of nitrogens with zero attached hydrogens (tertiary/aromatic N) is 1. The molecule has 1 aromatic carbocycles. The highest BCUT2D eigenvalue weighted by Gasteiger charge is 2.15. The van der Waals surface area contributed by atoms with E-state index in [2.05, 4.69) is 81.7 Å². The molecule has 0 aromatic heterocycles. The van der Waals surface area contributed by atoms with E-state index < -0.39 is 0 Å². The van der Waals surface area contributed by atoms with Gasteiger partial charge in [0.15, 0.2) is 0 Å². The van der Waals surface area contributed by atoms with E-state index in [1.165, 1.54) is 19.3 Å². The Labute approximate surface area is 222 Å². The van der Waals surface area contributed by atoms with Crippen LogP contribution in [0, 0.1) is 17.7 Å². The lowest BCUT2D eigenvalue weighted by Gasteiger charge is -2.22. The van der Waals surface area contributed by atoms with Crippen molar-refractivity contribution in [1.29, 1.82) is 0 Å². The number of anilines is 1. The predicted molar refractivity (Wildman–Crippen MR) is 158 cm³/mol. The van der Waals surface area contributed by atoms with E-state index in [4.69, 9.17) is 0 Å². The van der Waals surface area contributed by atoms with Crippen LogP contribution < -0.4 is 10.6 Å². The van der Waals surface area contributed by atoms with Crippen molar-refractivity contribution >= 4 is 5.69 Å². The van der Waals surface area contributed by atoms with E-state index in [1.54, 1.807) is 12.3 Å². The summed E-state index contributed by atoms with van der Waals surface area (Å²) in [6.07, 6.45) is 16.3. The minimum absolute atomic E-state index is 0.179. The minimum Gasteiger partial charge on any atom is -0.390 e. The molecule has 0 fully saturated rings. The van der Waals surface area contributed by atoms with Gasteiger partial charge in [-0.15, -0.1) is 0 Å². The van der Waals surface area contributed by atoms with E-state index in [-0.39, 0.29) is 5.82 Å². The smallest absolute Gasteiger partial charge is 0.146 e. The monoisotopic (exact) mass is 499 g/mol. The summed E-state index contributed by atoms with van der Waals surface area (Å²) >= 11 is 0. The number of rotatable bonds is 21. The van der Waals surface area contributed by atoms with Crippen LogP contribution in [-0.4, -0.2) is 31.6 Å². The Morgan fingerprint density at radius 3 is 2.50 bits per heavy atom. The van der Waals surface area contributed by atoms with E-state index >= 15 is 4.39 Å². The molecule has 0 saturated heterocycles. The van der Waals surface area contributed by atoms with Crippen molar-refractivity contribution in [3.63, 3.8) is 0 Å². The standard InChI is InChI=1S/C32H54FN3/c1-8-11-12-13-18-29(19-15-23-36(7)24-22-34-10-3)30-20-21-32(31(33)25-30)35-28(6)27(5)17-14-16-26(4)9-2/h10-12,20-21,25-27,29,34-35H,3,6,8-9,13-19,22-24H2,1-2,4-5,7H3/b12-11-. The fourth-order valence-electron chi connectivity index (χ4n) is 4.47. The first-order chi connectivity index (χ1) is 17.3. The molecule has 0 radical (unpaired) electrons. The highest BCUT2D eigenvalue weighted by atomic mass is 19.1. The molecule has 0 saturated carbocycles. The average Bonchev–Trinajstić information content (AvgIpc) is 2.86. The summed E-state index contributed by atoms with van der Waals surface area (Å²) < 4.78 is 15.2. The Hall–Kier alpha value is -2.07. The largest absolute Gasteiger partial charge is 0.390 e. The maximum absolute atomic E-state index is 15.2. The van der Waals surface area contributed by atoms with Crippen molar-refractivity contribution in [2.75, 3.05) is 32.0 Å². The fraction of sp³-hybridized carbons (Fsp3) is 0.625. The van der Waals surface area contributed by atoms with Crippen LogP contribution in [0.4, 0.5) is 10.1 Å². The van der Waals surface area contributed by atoms with E-state index in [0.717, 1.165) is 75.3 Å². The third-order valence-corrected chi connectivity index (χ3v) is 7.34. The van der Waals surface area contributed by atoms with Crippen LogP contribution in [0.25, 0.3) is 0 Å². The second-order valence-corrected chi connectivity index (χ2v) is 10.5. The van der Waals surface area contributed by atoms with Crippen molar-refractivity contribution in [2.45, 2.75) is 91.4 Å². The van der Waals surface area contributed by atoms with Crippen LogP contribution in [-0.2, 0) is 0 Å². The van der Waals surface area contributed by atoms with E-state index in [1.807, 2.05) is 6.07 Å². The first kappa shape index (κ1) is 32.0. The van der Waals surface area contributed by atoms with Gasteiger partial charge in [0, 0.05) is 18.8 Å². The quantitative estimate of drug-likeness (QED) is 0.131. The maximum Gasteiger partial charge on any atom is 0.146 e. The topological polar surface area (TPSA) is 27.3 Å². The summed E-state index contributed by atoms with van der Waals surface area (Å²) in [5.74, 6) is 1.27. The van der Waals surface area contributed by atoms with Crippen LogP contribution in [0.15, 0.2) is 55.4 Å². The molecule has 3 unspecified atom stereocenters. The van der Waals surface area contributed by atoms with Crippen LogP contribution in [0.2, 0.25) is 0 Å². The minimum atomic E-state index is -0.179. The molecule has 0 aliphatic rings. The number of halogens is 1. The lowest BCUT2D eigenvalue weighted by Crippen LogP contribution is -2.28.